The Bertz CT molecular complexity index is 25.3. The van der Waals surface area contributed by atoms with Gasteiger partial charge in [-0.1, -0.05) is 13.8 Å². The van der Waals surface area contributed by atoms with Gasteiger partial charge in [0.2, 0.25) is 0 Å². The van der Waals surface area contributed by atoms with Gasteiger partial charge >= 0.3 is 0 Å². The molecule has 3 nitrogen and oxygen atoms in total. The maximum atomic E-state index is 2.68. The molecule has 0 amide bonds. The lowest BCUT2D eigenvalue weighted by Gasteiger charge is -1.90. The Morgan fingerprint density at radius 1 is 0.800 bits per heavy atom. The van der Waals surface area contributed by atoms with Crippen LogP contribution in [0.1, 0.15) is 13.8 Å². The second-order valence-corrected chi connectivity index (χ2v) is 1.84. The van der Waals surface area contributed by atoms with Gasteiger partial charge in [-0.2, -0.15) is 0 Å². The third-order valence-electron chi connectivity index (χ3n) is 0.250. The van der Waals surface area contributed by atoms with E-state index >= 15 is 0 Å². The fourth-order valence-electron chi connectivity index (χ4n) is 0. The molecule has 0 aromatic heterocycles. The second-order valence-electron chi connectivity index (χ2n) is 1.84. The summed E-state index contributed by atoms with van der Waals surface area (Å²) in [5, 5.41) is 0. The van der Waals surface area contributed by atoms with E-state index in [2.05, 4.69) is 10.9 Å². The Hall–Kier alpha value is -0.120. The second kappa shape index (κ2) is 23.2. The zero-order valence-electron chi connectivity index (χ0n) is 8.45. The number of hydrogen-bond donors (Lipinski definition) is 2. The molecule has 0 saturated carbocycles. The van der Waals surface area contributed by atoms with Crippen LogP contribution in [0, 0.1) is 0 Å². The predicted molar refractivity (Wildman–Crippen MR) is 49.1 cm³/mol. The van der Waals surface area contributed by atoms with Crippen molar-refractivity contribution in [2.45, 2.75) is 13.8 Å². The molecule has 0 spiro atoms. The summed E-state index contributed by atoms with van der Waals surface area (Å²) in [5.41, 5.74) is 5.36. The average Bonchev–Trinajstić information content (AvgIpc) is 1.91. The van der Waals surface area contributed by atoms with Crippen LogP contribution in [0.5, 0.6) is 0 Å². The minimum absolute atomic E-state index is 1.82. The molecule has 66 valence electrons. The monoisotopic (exact) mass is 149 g/mol. The van der Waals surface area contributed by atoms with Crippen molar-refractivity contribution in [3.05, 3.63) is 0 Å². The van der Waals surface area contributed by atoms with E-state index in [1.54, 1.807) is 0 Å². The Morgan fingerprint density at radius 2 is 0.900 bits per heavy atom. The first-order valence-corrected chi connectivity index (χ1v) is 3.59. The molecule has 2 N–H and O–H groups in total. The normalized spacial score (nSPS) is 7.20. The summed E-state index contributed by atoms with van der Waals surface area (Å²) in [4.78, 5) is 2.00. The molecular formula is C7H23N3. The van der Waals surface area contributed by atoms with Crippen LogP contribution in [0.2, 0.25) is 0 Å². The summed E-state index contributed by atoms with van der Waals surface area (Å²) >= 11 is 0. The molecule has 0 atom stereocenters. The van der Waals surface area contributed by atoms with Crippen LogP contribution in [0.3, 0.4) is 0 Å². The maximum absolute atomic E-state index is 2.68. The number of hydrogen-bond acceptors (Lipinski definition) is 3. The minimum atomic E-state index is 1.82. The van der Waals surface area contributed by atoms with Crippen LogP contribution in [-0.4, -0.2) is 40.1 Å². The smallest absolute Gasteiger partial charge is 0.00150 e. The van der Waals surface area contributed by atoms with Crippen molar-refractivity contribution in [3.8, 4) is 0 Å². The summed E-state index contributed by atoms with van der Waals surface area (Å²) in [6.07, 6.45) is 0. The van der Waals surface area contributed by atoms with Gasteiger partial charge in [-0.15, -0.1) is 0 Å². The van der Waals surface area contributed by atoms with Crippen LogP contribution in [0.4, 0.5) is 0 Å². The van der Waals surface area contributed by atoms with Gasteiger partial charge in [0.25, 0.3) is 0 Å². The molecule has 0 aromatic rings. The summed E-state index contributed by atoms with van der Waals surface area (Å²) in [6.45, 7) is 4.00. The number of rotatable bonds is 1. The van der Waals surface area contributed by atoms with E-state index in [4.69, 9.17) is 0 Å². The van der Waals surface area contributed by atoms with Crippen LogP contribution in [0.15, 0.2) is 0 Å². The van der Waals surface area contributed by atoms with E-state index < -0.39 is 0 Å². The van der Waals surface area contributed by atoms with Crippen molar-refractivity contribution in [2.24, 2.45) is 0 Å². The fourth-order valence-corrected chi connectivity index (χ4v) is 0. The number of nitrogens with zero attached hydrogens (tertiary/aromatic N) is 1. The van der Waals surface area contributed by atoms with Crippen LogP contribution in [-0.2, 0) is 0 Å². The topological polar surface area (TPSA) is 27.3 Å². The van der Waals surface area contributed by atoms with E-state index in [-0.39, 0.29) is 0 Å². The lowest BCUT2D eigenvalue weighted by atomic mass is 11.0. The van der Waals surface area contributed by atoms with Crippen molar-refractivity contribution in [1.29, 1.82) is 0 Å². The minimum Gasteiger partial charge on any atom is -0.312 e. The molecule has 0 aliphatic carbocycles. The molecule has 0 aliphatic rings. The Labute approximate surface area is 65.8 Å². The fraction of sp³-hybridized carbons (Fsp3) is 1.00. The summed E-state index contributed by atoms with van der Waals surface area (Å²) in [6, 6.07) is 0. The first kappa shape index (κ1) is 16.5. The third-order valence-corrected chi connectivity index (χ3v) is 0.250. The predicted octanol–water partition coefficient (Wildman–Crippen LogP) is 0.544. The highest BCUT2D eigenvalue weighted by Gasteiger charge is 1.58. The Morgan fingerprint density at radius 3 is 0.900 bits per heavy atom. The van der Waals surface area contributed by atoms with E-state index in [9.17, 15) is 0 Å². The molecule has 0 aromatic carbocycles. The molecular weight excluding hydrogens is 126 g/mol. The SMILES string of the molecule is CC.CN(C)C.CNNC. The summed E-state index contributed by atoms with van der Waals surface area (Å²) in [5.74, 6) is 0. The zero-order chi connectivity index (χ0) is 8.99. The summed E-state index contributed by atoms with van der Waals surface area (Å²) < 4.78 is 0. The molecule has 0 unspecified atom stereocenters. The van der Waals surface area contributed by atoms with Gasteiger partial charge in [-0.05, 0) is 35.2 Å². The largest absolute Gasteiger partial charge is 0.312 e. The van der Waals surface area contributed by atoms with Crippen LogP contribution < -0.4 is 10.9 Å². The van der Waals surface area contributed by atoms with Gasteiger partial charge in [0.05, 0.1) is 0 Å². The molecule has 0 rings (SSSR count). The zero-order valence-corrected chi connectivity index (χ0v) is 8.45. The third kappa shape index (κ3) is 482. The van der Waals surface area contributed by atoms with Gasteiger partial charge in [-0.3, -0.25) is 10.9 Å². The summed E-state index contributed by atoms with van der Waals surface area (Å²) in [7, 11) is 9.64. The van der Waals surface area contributed by atoms with Gasteiger partial charge in [-0.25, -0.2) is 0 Å². The number of nitrogens with one attached hydrogen (secondary N) is 2. The molecule has 0 radical (unpaired) electrons. The van der Waals surface area contributed by atoms with Gasteiger partial charge in [0, 0.05) is 0 Å². The molecule has 0 saturated heterocycles. The molecule has 0 aliphatic heterocycles. The van der Waals surface area contributed by atoms with Gasteiger partial charge in [0.1, 0.15) is 0 Å². The molecule has 3 heteroatoms. The highest BCUT2D eigenvalue weighted by atomic mass is 15.3. The maximum Gasteiger partial charge on any atom is -0.00150 e. The molecule has 0 heterocycles. The first-order chi connectivity index (χ1) is 4.65. The van der Waals surface area contributed by atoms with Crippen molar-refractivity contribution < 1.29 is 0 Å². The highest BCUT2D eigenvalue weighted by molar-refractivity contribution is 4.09. The van der Waals surface area contributed by atoms with E-state index in [0.29, 0.717) is 0 Å². The van der Waals surface area contributed by atoms with Gasteiger partial charge < -0.3 is 4.90 Å². The molecule has 10 heavy (non-hydrogen) atoms. The van der Waals surface area contributed by atoms with Crippen molar-refractivity contribution in [1.82, 2.24) is 15.8 Å². The molecule has 0 bridgehead atoms. The number of hydrazine groups is 1. The van der Waals surface area contributed by atoms with Crippen molar-refractivity contribution in [2.75, 3.05) is 35.2 Å². The van der Waals surface area contributed by atoms with E-state index in [0.717, 1.165) is 0 Å². The molecule has 0 fully saturated rings. The Kier molecular flexibility index (Phi) is 38.1. The van der Waals surface area contributed by atoms with Crippen LogP contribution >= 0.6 is 0 Å². The van der Waals surface area contributed by atoms with Crippen LogP contribution in [0.25, 0.3) is 0 Å². The van der Waals surface area contributed by atoms with Gasteiger partial charge in [0.15, 0.2) is 0 Å². The van der Waals surface area contributed by atoms with E-state index in [1.165, 1.54) is 0 Å². The lowest BCUT2D eigenvalue weighted by Crippen LogP contribution is -2.21. The van der Waals surface area contributed by atoms with Crippen molar-refractivity contribution in [3.63, 3.8) is 0 Å². The van der Waals surface area contributed by atoms with E-state index in [1.807, 2.05) is 54.0 Å². The Balaban J connectivity index is -0.0000000787. The first-order valence-electron chi connectivity index (χ1n) is 3.59. The average molecular weight is 149 g/mol. The highest BCUT2D eigenvalue weighted by Crippen LogP contribution is 1.47. The lowest BCUT2D eigenvalue weighted by molar-refractivity contribution is 0.505. The van der Waals surface area contributed by atoms with Crippen molar-refractivity contribution >= 4 is 0 Å². The standard InChI is InChI=1S/C3H9N.C2H8N2.C2H6/c1-4(2)3;1-3-4-2;1-2/h1-3H3;3-4H,1-2H3;1-2H3. The quantitative estimate of drug-likeness (QED) is 0.533.